The fourth-order valence-corrected chi connectivity index (χ4v) is 3.79. The van der Waals surface area contributed by atoms with Gasteiger partial charge in [-0.15, -0.1) is 0 Å². The van der Waals surface area contributed by atoms with Crippen LogP contribution in [0.2, 0.25) is 0 Å². The van der Waals surface area contributed by atoms with Crippen molar-refractivity contribution in [3.8, 4) is 0 Å². The van der Waals surface area contributed by atoms with Crippen LogP contribution in [-0.4, -0.2) is 41.9 Å². The van der Waals surface area contributed by atoms with E-state index >= 15 is 0 Å². The van der Waals surface area contributed by atoms with Crippen molar-refractivity contribution in [2.75, 3.05) is 26.2 Å². The minimum atomic E-state index is -4.29. The van der Waals surface area contributed by atoms with Gasteiger partial charge in [-0.25, -0.2) is 0 Å². The van der Waals surface area contributed by atoms with Crippen LogP contribution in [0, 0.1) is 5.92 Å². The normalized spacial score (nSPS) is 20.7. The van der Waals surface area contributed by atoms with Crippen molar-refractivity contribution in [3.05, 3.63) is 35.4 Å². The van der Waals surface area contributed by atoms with E-state index in [0.717, 1.165) is 69.6 Å². The lowest BCUT2D eigenvalue weighted by Crippen LogP contribution is -2.50. The lowest BCUT2D eigenvalue weighted by atomic mass is 9.88. The van der Waals surface area contributed by atoms with E-state index in [-0.39, 0.29) is 5.92 Å². The molecule has 1 amide bonds. The van der Waals surface area contributed by atoms with Gasteiger partial charge in [0.1, 0.15) is 0 Å². The maximum atomic E-state index is 12.6. The van der Waals surface area contributed by atoms with Crippen LogP contribution < -0.4 is 0 Å². The molecule has 0 aromatic heterocycles. The van der Waals surface area contributed by atoms with Gasteiger partial charge >= 0.3 is 6.18 Å². The maximum absolute atomic E-state index is 12.6. The zero-order valence-corrected chi connectivity index (χ0v) is 14.4. The average molecular weight is 354 g/mol. The Balaban J connectivity index is 1.48. The number of nitrogens with zero attached hydrogens (tertiary/aromatic N) is 2. The van der Waals surface area contributed by atoms with E-state index in [1.807, 2.05) is 4.90 Å². The summed E-state index contributed by atoms with van der Waals surface area (Å²) in [4.78, 5) is 16.7. The van der Waals surface area contributed by atoms with Crippen LogP contribution in [0.25, 0.3) is 0 Å². The van der Waals surface area contributed by atoms with E-state index in [1.165, 1.54) is 6.42 Å². The zero-order chi connectivity index (χ0) is 17.9. The minimum Gasteiger partial charge on any atom is -0.340 e. The maximum Gasteiger partial charge on any atom is 0.416 e. The highest BCUT2D eigenvalue weighted by Crippen LogP contribution is 2.29. The summed E-state index contributed by atoms with van der Waals surface area (Å²) in [7, 11) is 0. The molecule has 6 heteroatoms. The molecule has 0 bridgehead atoms. The molecule has 1 aromatic rings. The van der Waals surface area contributed by atoms with Crippen molar-refractivity contribution in [3.63, 3.8) is 0 Å². The molecule has 0 unspecified atom stereocenters. The number of amides is 1. The first-order chi connectivity index (χ1) is 11.9. The lowest BCUT2D eigenvalue weighted by molar-refractivity contribution is -0.138. The smallest absolute Gasteiger partial charge is 0.340 e. The van der Waals surface area contributed by atoms with E-state index in [4.69, 9.17) is 0 Å². The van der Waals surface area contributed by atoms with Gasteiger partial charge in [0, 0.05) is 38.6 Å². The molecule has 3 rings (SSSR count). The van der Waals surface area contributed by atoms with Crippen molar-refractivity contribution in [1.29, 1.82) is 0 Å². The first kappa shape index (κ1) is 18.2. The molecule has 1 aromatic carbocycles. The summed E-state index contributed by atoms with van der Waals surface area (Å²) < 4.78 is 37.8. The van der Waals surface area contributed by atoms with Crippen LogP contribution in [0.5, 0.6) is 0 Å². The highest BCUT2D eigenvalue weighted by Gasteiger charge is 2.30. The predicted molar refractivity (Wildman–Crippen MR) is 89.9 cm³/mol. The topological polar surface area (TPSA) is 23.6 Å². The van der Waals surface area contributed by atoms with Gasteiger partial charge in [-0.3, -0.25) is 9.69 Å². The molecule has 1 saturated carbocycles. The molecule has 2 aliphatic rings. The molecule has 138 valence electrons. The standard InChI is InChI=1S/C19H25F3N2O/c20-19(21,22)17-8-6-15(7-9-17)14-23-10-12-24(13-11-23)18(25)16-4-2-1-3-5-16/h6-9,16H,1-5,10-14H2. The SMILES string of the molecule is O=C(C1CCCCC1)N1CCN(Cc2ccc(C(F)(F)F)cc2)CC1. The zero-order valence-electron chi connectivity index (χ0n) is 14.4. The van der Waals surface area contributed by atoms with Crippen LogP contribution in [0.15, 0.2) is 24.3 Å². The quantitative estimate of drug-likeness (QED) is 0.821. The van der Waals surface area contributed by atoms with Crippen LogP contribution in [0.4, 0.5) is 13.2 Å². The Hall–Kier alpha value is -1.56. The molecule has 1 saturated heterocycles. The van der Waals surface area contributed by atoms with E-state index in [0.29, 0.717) is 12.5 Å². The Morgan fingerprint density at radius 3 is 2.12 bits per heavy atom. The highest BCUT2D eigenvalue weighted by molar-refractivity contribution is 5.79. The summed E-state index contributed by atoms with van der Waals surface area (Å²) in [6, 6.07) is 5.36. The number of alkyl halides is 3. The van der Waals surface area contributed by atoms with Crippen LogP contribution in [0.1, 0.15) is 43.2 Å². The summed E-state index contributed by atoms with van der Waals surface area (Å²) >= 11 is 0. The third-order valence-corrected chi connectivity index (χ3v) is 5.33. The average Bonchev–Trinajstić information content (AvgIpc) is 2.62. The largest absolute Gasteiger partial charge is 0.416 e. The van der Waals surface area contributed by atoms with Crippen molar-refractivity contribution < 1.29 is 18.0 Å². The summed E-state index contributed by atoms with van der Waals surface area (Å²) in [5.41, 5.74) is 0.263. The van der Waals surface area contributed by atoms with Gasteiger partial charge in [-0.05, 0) is 30.5 Å². The molecule has 0 N–H and O–H groups in total. The number of carbonyl (C=O) groups is 1. The molecule has 2 fully saturated rings. The molecule has 0 radical (unpaired) electrons. The van der Waals surface area contributed by atoms with Crippen LogP contribution in [-0.2, 0) is 17.5 Å². The third kappa shape index (κ3) is 4.75. The van der Waals surface area contributed by atoms with E-state index < -0.39 is 11.7 Å². The number of benzene rings is 1. The number of hydrogen-bond donors (Lipinski definition) is 0. The Bertz CT molecular complexity index is 571. The Morgan fingerprint density at radius 2 is 1.56 bits per heavy atom. The van der Waals surface area contributed by atoms with E-state index in [1.54, 1.807) is 12.1 Å². The second-order valence-electron chi connectivity index (χ2n) is 7.13. The van der Waals surface area contributed by atoms with Crippen LogP contribution >= 0.6 is 0 Å². The second-order valence-corrected chi connectivity index (χ2v) is 7.13. The summed E-state index contributed by atoms with van der Waals surface area (Å²) in [5.74, 6) is 0.504. The van der Waals surface area contributed by atoms with E-state index in [2.05, 4.69) is 4.90 Å². The Kier molecular flexibility index (Phi) is 5.67. The first-order valence-corrected chi connectivity index (χ1v) is 9.11. The Morgan fingerprint density at radius 1 is 0.960 bits per heavy atom. The van der Waals surface area contributed by atoms with Gasteiger partial charge in [0.15, 0.2) is 0 Å². The van der Waals surface area contributed by atoms with Crippen molar-refractivity contribution >= 4 is 5.91 Å². The fraction of sp³-hybridized carbons (Fsp3) is 0.632. The van der Waals surface area contributed by atoms with Gasteiger partial charge in [0.25, 0.3) is 0 Å². The molecule has 25 heavy (non-hydrogen) atoms. The second kappa shape index (κ2) is 7.77. The molecule has 1 heterocycles. The minimum absolute atomic E-state index is 0.204. The predicted octanol–water partition coefficient (Wildman–Crippen LogP) is 3.93. The molecule has 0 atom stereocenters. The van der Waals surface area contributed by atoms with Gasteiger partial charge < -0.3 is 4.90 Å². The van der Waals surface area contributed by atoms with Crippen molar-refractivity contribution in [1.82, 2.24) is 9.80 Å². The summed E-state index contributed by atoms with van der Waals surface area (Å²) in [6.45, 7) is 3.62. The molecule has 1 aliphatic heterocycles. The summed E-state index contributed by atoms with van der Waals surface area (Å²) in [5, 5.41) is 0. The van der Waals surface area contributed by atoms with Crippen LogP contribution in [0.3, 0.4) is 0 Å². The number of rotatable bonds is 3. The van der Waals surface area contributed by atoms with Gasteiger partial charge in [0.05, 0.1) is 5.56 Å². The van der Waals surface area contributed by atoms with Gasteiger partial charge in [0.2, 0.25) is 5.91 Å². The lowest BCUT2D eigenvalue weighted by Gasteiger charge is -2.37. The number of carbonyl (C=O) groups excluding carboxylic acids is 1. The Labute approximate surface area is 146 Å². The van der Waals surface area contributed by atoms with Crippen molar-refractivity contribution in [2.45, 2.75) is 44.8 Å². The monoisotopic (exact) mass is 354 g/mol. The summed E-state index contributed by atoms with van der Waals surface area (Å²) in [6.07, 6.45) is 1.30. The first-order valence-electron chi connectivity index (χ1n) is 9.11. The number of hydrogen-bond acceptors (Lipinski definition) is 2. The fourth-order valence-electron chi connectivity index (χ4n) is 3.79. The van der Waals surface area contributed by atoms with Crippen molar-refractivity contribution in [2.24, 2.45) is 5.92 Å². The molecular weight excluding hydrogens is 329 g/mol. The molecule has 1 aliphatic carbocycles. The van der Waals surface area contributed by atoms with E-state index in [9.17, 15) is 18.0 Å². The third-order valence-electron chi connectivity index (χ3n) is 5.33. The molecular formula is C19H25F3N2O. The van der Waals surface area contributed by atoms with Gasteiger partial charge in [-0.2, -0.15) is 13.2 Å². The van der Waals surface area contributed by atoms with Gasteiger partial charge in [-0.1, -0.05) is 31.4 Å². The highest BCUT2D eigenvalue weighted by atomic mass is 19.4. The number of piperazine rings is 1. The molecule has 3 nitrogen and oxygen atoms in total. The number of halogens is 3. The molecule has 0 spiro atoms.